The molecule has 0 spiro atoms. The first-order chi connectivity index (χ1) is 7.86. The number of benzene rings is 1. The van der Waals surface area contributed by atoms with Crippen LogP contribution in [-0.4, -0.2) is 32.7 Å². The molecule has 0 amide bonds. The van der Waals surface area contributed by atoms with E-state index in [9.17, 15) is 13.2 Å². The Morgan fingerprint density at radius 1 is 1.29 bits per heavy atom. The third-order valence-electron chi connectivity index (χ3n) is 2.55. The molecule has 0 bridgehead atoms. The van der Waals surface area contributed by atoms with Gasteiger partial charge in [0.25, 0.3) is 0 Å². The van der Waals surface area contributed by atoms with Crippen LogP contribution in [0.5, 0.6) is 0 Å². The first-order valence-corrected chi connectivity index (χ1v) is 5.18. The van der Waals surface area contributed by atoms with Crippen LogP contribution in [0.3, 0.4) is 0 Å². The molecule has 0 fully saturated rings. The number of hydrogen-bond donors (Lipinski definition) is 0. The second kappa shape index (κ2) is 5.51. The van der Waals surface area contributed by atoms with E-state index in [0.29, 0.717) is 12.2 Å². The molecule has 0 radical (unpaired) electrons. The lowest BCUT2D eigenvalue weighted by molar-refractivity contribution is -0.137. The zero-order chi connectivity index (χ0) is 13.1. The van der Waals surface area contributed by atoms with Gasteiger partial charge >= 0.3 is 6.18 Å². The molecule has 0 heterocycles. The van der Waals surface area contributed by atoms with Gasteiger partial charge < -0.3 is 9.64 Å². The lowest BCUT2D eigenvalue weighted by Crippen LogP contribution is -2.24. The zero-order valence-electron chi connectivity index (χ0n) is 10.1. The molecule has 1 atom stereocenters. The van der Waals surface area contributed by atoms with Crippen molar-refractivity contribution >= 4 is 0 Å². The average molecular weight is 247 g/mol. The summed E-state index contributed by atoms with van der Waals surface area (Å²) in [6.45, 7) is 0.355. The van der Waals surface area contributed by atoms with Crippen molar-refractivity contribution in [2.45, 2.75) is 12.2 Å². The summed E-state index contributed by atoms with van der Waals surface area (Å²) in [5.41, 5.74) is -0.0235. The van der Waals surface area contributed by atoms with Gasteiger partial charge in [0.2, 0.25) is 0 Å². The lowest BCUT2D eigenvalue weighted by Gasteiger charge is -2.24. The maximum atomic E-state index is 12.6. The monoisotopic (exact) mass is 247 g/mol. The van der Waals surface area contributed by atoms with E-state index >= 15 is 0 Å². The van der Waals surface area contributed by atoms with Crippen molar-refractivity contribution in [3.05, 3.63) is 35.4 Å². The second-order valence-corrected chi connectivity index (χ2v) is 4.06. The number of ether oxygens (including phenoxy) is 1. The van der Waals surface area contributed by atoms with E-state index in [4.69, 9.17) is 4.74 Å². The smallest absolute Gasteiger partial charge is 0.383 e. The van der Waals surface area contributed by atoms with E-state index in [0.717, 1.165) is 6.07 Å². The number of alkyl halides is 3. The van der Waals surface area contributed by atoms with Crippen molar-refractivity contribution in [3.8, 4) is 0 Å². The highest BCUT2D eigenvalue weighted by molar-refractivity contribution is 5.28. The summed E-state index contributed by atoms with van der Waals surface area (Å²) in [5.74, 6) is 0. The van der Waals surface area contributed by atoms with Crippen molar-refractivity contribution < 1.29 is 17.9 Å². The molecule has 0 aliphatic carbocycles. The highest BCUT2D eigenvalue weighted by Crippen LogP contribution is 2.31. The highest BCUT2D eigenvalue weighted by Gasteiger charge is 2.31. The third kappa shape index (κ3) is 3.71. The van der Waals surface area contributed by atoms with E-state index in [2.05, 4.69) is 0 Å². The Morgan fingerprint density at radius 3 is 2.41 bits per heavy atom. The Morgan fingerprint density at radius 2 is 1.94 bits per heavy atom. The van der Waals surface area contributed by atoms with Gasteiger partial charge in [-0.1, -0.05) is 12.1 Å². The molecule has 0 aromatic heterocycles. The molecule has 0 aliphatic heterocycles. The maximum absolute atomic E-state index is 12.6. The van der Waals surface area contributed by atoms with Crippen LogP contribution < -0.4 is 0 Å². The summed E-state index contributed by atoms with van der Waals surface area (Å²) in [6.07, 6.45) is -4.31. The van der Waals surface area contributed by atoms with Crippen molar-refractivity contribution in [2.24, 2.45) is 0 Å². The van der Waals surface area contributed by atoms with Crippen LogP contribution in [0.4, 0.5) is 13.2 Å². The fourth-order valence-electron chi connectivity index (χ4n) is 1.62. The fourth-order valence-corrected chi connectivity index (χ4v) is 1.62. The van der Waals surface area contributed by atoms with Gasteiger partial charge in [-0.25, -0.2) is 0 Å². The van der Waals surface area contributed by atoms with Gasteiger partial charge in [0.15, 0.2) is 0 Å². The van der Waals surface area contributed by atoms with E-state index in [1.54, 1.807) is 6.07 Å². The summed E-state index contributed by atoms with van der Waals surface area (Å²) in [7, 11) is 5.15. The van der Waals surface area contributed by atoms with Crippen LogP contribution in [0.1, 0.15) is 17.2 Å². The average Bonchev–Trinajstić information content (AvgIpc) is 2.24. The topological polar surface area (TPSA) is 12.5 Å². The summed E-state index contributed by atoms with van der Waals surface area (Å²) in [4.78, 5) is 1.83. The summed E-state index contributed by atoms with van der Waals surface area (Å²) < 4.78 is 42.7. The third-order valence-corrected chi connectivity index (χ3v) is 2.55. The fraction of sp³-hybridized carbons (Fsp3) is 0.500. The number of nitrogens with zero attached hydrogens (tertiary/aromatic N) is 1. The summed E-state index contributed by atoms with van der Waals surface area (Å²) >= 11 is 0. The largest absolute Gasteiger partial charge is 0.416 e. The van der Waals surface area contributed by atoms with Crippen LogP contribution in [0, 0.1) is 0 Å². The molecule has 96 valence electrons. The van der Waals surface area contributed by atoms with Gasteiger partial charge in [-0.15, -0.1) is 0 Å². The first-order valence-electron chi connectivity index (χ1n) is 5.18. The van der Waals surface area contributed by atoms with Crippen LogP contribution in [0.2, 0.25) is 0 Å². The molecule has 0 aliphatic rings. The molecule has 0 N–H and O–H groups in total. The van der Waals surface area contributed by atoms with Crippen LogP contribution >= 0.6 is 0 Å². The molecule has 17 heavy (non-hydrogen) atoms. The predicted octanol–water partition coefficient (Wildman–Crippen LogP) is 2.95. The van der Waals surface area contributed by atoms with E-state index in [1.165, 1.54) is 19.2 Å². The molecule has 2 nitrogen and oxygen atoms in total. The standard InChI is InChI=1S/C12H16F3NO/c1-16(2)11(8-17-3)9-5-4-6-10(7-9)12(13,14)15/h4-7,11H,8H2,1-3H3. The molecule has 0 saturated carbocycles. The number of likely N-dealkylation sites (N-methyl/N-ethyl adjacent to an activating group) is 1. The molecule has 0 saturated heterocycles. The summed E-state index contributed by atoms with van der Waals surface area (Å²) in [5, 5.41) is 0. The SMILES string of the molecule is COCC(c1cccc(C(F)(F)F)c1)N(C)C. The Bertz CT molecular complexity index is 363. The normalized spacial score (nSPS) is 14.1. The van der Waals surface area contributed by atoms with Crippen molar-refractivity contribution in [2.75, 3.05) is 27.8 Å². The molecule has 1 aromatic rings. The molecular weight excluding hydrogens is 231 g/mol. The van der Waals surface area contributed by atoms with Crippen molar-refractivity contribution in [3.63, 3.8) is 0 Å². The Labute approximate surface area is 99.0 Å². The first kappa shape index (κ1) is 14.0. The Hall–Kier alpha value is -1.07. The lowest BCUT2D eigenvalue weighted by atomic mass is 10.0. The Kier molecular flexibility index (Phi) is 4.54. The van der Waals surface area contributed by atoms with E-state index in [1.807, 2.05) is 19.0 Å². The zero-order valence-corrected chi connectivity index (χ0v) is 10.1. The van der Waals surface area contributed by atoms with Gasteiger partial charge in [-0.2, -0.15) is 13.2 Å². The minimum atomic E-state index is -4.31. The molecule has 1 rings (SSSR count). The summed E-state index contributed by atoms with van der Waals surface area (Å²) in [6, 6.07) is 5.16. The number of methoxy groups -OCH3 is 1. The van der Waals surface area contributed by atoms with Gasteiger partial charge in [0.1, 0.15) is 0 Å². The maximum Gasteiger partial charge on any atom is 0.416 e. The minimum absolute atomic E-state index is 0.178. The predicted molar refractivity (Wildman–Crippen MR) is 59.7 cm³/mol. The minimum Gasteiger partial charge on any atom is -0.383 e. The number of rotatable bonds is 4. The van der Waals surface area contributed by atoms with E-state index in [-0.39, 0.29) is 6.04 Å². The molecule has 5 heteroatoms. The Balaban J connectivity index is 3.04. The van der Waals surface area contributed by atoms with Crippen LogP contribution in [-0.2, 0) is 10.9 Å². The van der Waals surface area contributed by atoms with E-state index < -0.39 is 11.7 Å². The second-order valence-electron chi connectivity index (χ2n) is 4.06. The van der Waals surface area contributed by atoms with Crippen molar-refractivity contribution in [1.82, 2.24) is 4.90 Å². The molecule has 1 unspecified atom stereocenters. The highest BCUT2D eigenvalue weighted by atomic mass is 19.4. The molecular formula is C12H16F3NO. The van der Waals surface area contributed by atoms with Gasteiger partial charge in [0.05, 0.1) is 18.2 Å². The van der Waals surface area contributed by atoms with Crippen molar-refractivity contribution in [1.29, 1.82) is 0 Å². The molecule has 1 aromatic carbocycles. The van der Waals surface area contributed by atoms with Gasteiger partial charge in [-0.3, -0.25) is 0 Å². The van der Waals surface area contributed by atoms with Gasteiger partial charge in [0, 0.05) is 7.11 Å². The van der Waals surface area contributed by atoms with Crippen LogP contribution in [0.25, 0.3) is 0 Å². The van der Waals surface area contributed by atoms with Crippen LogP contribution in [0.15, 0.2) is 24.3 Å². The quantitative estimate of drug-likeness (QED) is 0.811. The van der Waals surface area contributed by atoms with Gasteiger partial charge in [-0.05, 0) is 31.8 Å². The number of hydrogen-bond acceptors (Lipinski definition) is 2. The number of halogens is 3.